The summed E-state index contributed by atoms with van der Waals surface area (Å²) in [6.07, 6.45) is 0.189. The number of hydrogen-bond donors (Lipinski definition) is 1. The Bertz CT molecular complexity index is 976. The first-order chi connectivity index (χ1) is 12.0. The molecule has 0 unspecified atom stereocenters. The fourth-order valence-electron chi connectivity index (χ4n) is 2.53. The Hall–Kier alpha value is -2.55. The highest BCUT2D eigenvalue weighted by Crippen LogP contribution is 2.25. The summed E-state index contributed by atoms with van der Waals surface area (Å²) in [5.41, 5.74) is 8.03. The van der Waals surface area contributed by atoms with Crippen LogP contribution in [0, 0.1) is 17.1 Å². The average molecular weight is 375 g/mol. The van der Waals surface area contributed by atoms with E-state index in [9.17, 15) is 9.65 Å². The zero-order valence-electron chi connectivity index (χ0n) is 13.0. The van der Waals surface area contributed by atoms with Crippen molar-refractivity contribution in [3.05, 3.63) is 80.7 Å². The Morgan fingerprint density at radius 3 is 2.60 bits per heavy atom. The molecule has 126 valence electrons. The maximum Gasteiger partial charge on any atom is 0.140 e. The van der Waals surface area contributed by atoms with E-state index >= 15 is 0 Å². The summed E-state index contributed by atoms with van der Waals surface area (Å²) < 4.78 is 15.4. The van der Waals surface area contributed by atoms with Gasteiger partial charge >= 0.3 is 0 Å². The lowest BCUT2D eigenvalue weighted by atomic mass is 10.1. The molecule has 0 aliphatic heterocycles. The Morgan fingerprint density at radius 1 is 1.16 bits per heavy atom. The van der Waals surface area contributed by atoms with Crippen molar-refractivity contribution in [3.8, 4) is 6.07 Å². The van der Waals surface area contributed by atoms with Gasteiger partial charge in [0.05, 0.1) is 22.3 Å². The number of nitrogen functional groups attached to an aromatic ring is 1. The number of halogens is 3. The third-order valence-corrected chi connectivity index (χ3v) is 4.55. The van der Waals surface area contributed by atoms with Crippen molar-refractivity contribution in [2.24, 2.45) is 0 Å². The van der Waals surface area contributed by atoms with E-state index in [1.54, 1.807) is 36.4 Å². The molecule has 25 heavy (non-hydrogen) atoms. The lowest BCUT2D eigenvalue weighted by Crippen LogP contribution is -2.06. The van der Waals surface area contributed by atoms with E-state index in [0.717, 1.165) is 5.56 Å². The summed E-state index contributed by atoms with van der Waals surface area (Å²) in [5.74, 6) is -0.107. The van der Waals surface area contributed by atoms with Crippen LogP contribution in [0.3, 0.4) is 0 Å². The molecule has 3 rings (SSSR count). The normalized spacial score (nSPS) is 10.6. The highest BCUT2D eigenvalue weighted by Gasteiger charge is 2.17. The molecule has 0 fully saturated rings. The van der Waals surface area contributed by atoms with Crippen molar-refractivity contribution in [3.63, 3.8) is 0 Å². The number of nitriles is 1. The summed E-state index contributed by atoms with van der Waals surface area (Å²) in [6.45, 7) is 0.328. The third kappa shape index (κ3) is 3.60. The fraction of sp³-hybridized carbons (Fsp3) is 0.111. The van der Waals surface area contributed by atoms with Gasteiger partial charge in [0.25, 0.3) is 0 Å². The molecule has 0 amide bonds. The van der Waals surface area contributed by atoms with Crippen molar-refractivity contribution in [2.75, 3.05) is 5.73 Å². The van der Waals surface area contributed by atoms with Crippen LogP contribution in [0.1, 0.15) is 22.4 Å². The summed E-state index contributed by atoms with van der Waals surface area (Å²) in [5, 5.41) is 14.7. The molecule has 2 N–H and O–H groups in total. The Morgan fingerprint density at radius 2 is 1.92 bits per heavy atom. The minimum atomic E-state index is -0.344. The van der Waals surface area contributed by atoms with Crippen molar-refractivity contribution >= 4 is 29.0 Å². The minimum absolute atomic E-state index is 0.189. The molecule has 4 nitrogen and oxygen atoms in total. The Balaban J connectivity index is 1.94. The van der Waals surface area contributed by atoms with Crippen LogP contribution in [0.25, 0.3) is 0 Å². The van der Waals surface area contributed by atoms with E-state index in [2.05, 4.69) is 11.2 Å². The number of anilines is 1. The van der Waals surface area contributed by atoms with Gasteiger partial charge in [-0.15, -0.1) is 0 Å². The number of benzene rings is 2. The molecular formula is C18H13Cl2FN4. The van der Waals surface area contributed by atoms with Gasteiger partial charge in [-0.1, -0.05) is 47.5 Å². The molecule has 0 saturated heterocycles. The van der Waals surface area contributed by atoms with E-state index in [1.807, 2.05) is 0 Å². The van der Waals surface area contributed by atoms with E-state index in [1.165, 1.54) is 10.7 Å². The smallest absolute Gasteiger partial charge is 0.140 e. The highest BCUT2D eigenvalue weighted by atomic mass is 35.5. The molecule has 0 saturated carbocycles. The SMILES string of the molecule is N#Cc1c(Cc2ccccc2F)nn(Cc2ccc(Cl)c(Cl)c2)c1N. The molecule has 2 aromatic carbocycles. The quantitative estimate of drug-likeness (QED) is 0.734. The second-order valence-corrected chi connectivity index (χ2v) is 6.31. The molecule has 0 atom stereocenters. The standard InChI is InChI=1S/C18H13Cl2FN4/c19-14-6-5-11(7-15(14)20)10-25-18(23)13(9-22)17(24-25)8-12-3-1-2-4-16(12)21/h1-7H,8,10,23H2. The summed E-state index contributed by atoms with van der Waals surface area (Å²) in [6, 6.07) is 13.6. The topological polar surface area (TPSA) is 67.6 Å². The lowest BCUT2D eigenvalue weighted by Gasteiger charge is -2.05. The number of nitrogens with zero attached hydrogens (tertiary/aromatic N) is 3. The Kier molecular flexibility index (Phi) is 4.93. The van der Waals surface area contributed by atoms with Crippen LogP contribution in [-0.4, -0.2) is 9.78 Å². The maximum atomic E-state index is 13.9. The fourth-order valence-corrected chi connectivity index (χ4v) is 2.85. The zero-order chi connectivity index (χ0) is 18.0. The van der Waals surface area contributed by atoms with Gasteiger partial charge in [0.2, 0.25) is 0 Å². The summed E-state index contributed by atoms with van der Waals surface area (Å²) >= 11 is 11.9. The second-order valence-electron chi connectivity index (χ2n) is 5.49. The number of aromatic nitrogens is 2. The number of hydrogen-bond acceptors (Lipinski definition) is 3. The summed E-state index contributed by atoms with van der Waals surface area (Å²) in [7, 11) is 0. The van der Waals surface area contributed by atoms with Gasteiger partial charge in [0.1, 0.15) is 23.3 Å². The Labute approximate surface area is 154 Å². The summed E-state index contributed by atoms with van der Waals surface area (Å²) in [4.78, 5) is 0. The minimum Gasteiger partial charge on any atom is -0.383 e. The number of rotatable bonds is 4. The lowest BCUT2D eigenvalue weighted by molar-refractivity contribution is 0.611. The molecule has 7 heteroatoms. The van der Waals surface area contributed by atoms with E-state index in [4.69, 9.17) is 28.9 Å². The van der Waals surface area contributed by atoms with Gasteiger partial charge in [-0.25, -0.2) is 9.07 Å². The molecular weight excluding hydrogens is 362 g/mol. The molecule has 0 spiro atoms. The van der Waals surface area contributed by atoms with Gasteiger partial charge in [-0.3, -0.25) is 0 Å². The second kappa shape index (κ2) is 7.14. The van der Waals surface area contributed by atoms with Crippen molar-refractivity contribution < 1.29 is 4.39 Å². The highest BCUT2D eigenvalue weighted by molar-refractivity contribution is 6.42. The molecule has 1 aromatic heterocycles. The van der Waals surface area contributed by atoms with Crippen molar-refractivity contribution in [2.45, 2.75) is 13.0 Å². The van der Waals surface area contributed by atoms with E-state index < -0.39 is 0 Å². The van der Waals surface area contributed by atoms with Crippen LogP contribution in [-0.2, 0) is 13.0 Å². The van der Waals surface area contributed by atoms with Crippen LogP contribution >= 0.6 is 23.2 Å². The van der Waals surface area contributed by atoms with E-state index in [-0.39, 0.29) is 23.6 Å². The van der Waals surface area contributed by atoms with Gasteiger partial charge in [0.15, 0.2) is 0 Å². The monoisotopic (exact) mass is 374 g/mol. The van der Waals surface area contributed by atoms with Gasteiger partial charge in [-0.2, -0.15) is 10.4 Å². The van der Waals surface area contributed by atoms with Gasteiger partial charge in [0, 0.05) is 6.42 Å². The third-order valence-electron chi connectivity index (χ3n) is 3.81. The molecule has 3 aromatic rings. The van der Waals surface area contributed by atoms with Gasteiger partial charge in [-0.05, 0) is 29.3 Å². The van der Waals surface area contributed by atoms with Crippen LogP contribution < -0.4 is 5.73 Å². The van der Waals surface area contributed by atoms with Crippen LogP contribution in [0.5, 0.6) is 0 Å². The van der Waals surface area contributed by atoms with E-state index in [0.29, 0.717) is 27.8 Å². The van der Waals surface area contributed by atoms with Crippen LogP contribution in [0.2, 0.25) is 10.0 Å². The maximum absolute atomic E-state index is 13.9. The van der Waals surface area contributed by atoms with Crippen LogP contribution in [0.4, 0.5) is 10.2 Å². The van der Waals surface area contributed by atoms with Gasteiger partial charge < -0.3 is 5.73 Å². The molecule has 1 heterocycles. The molecule has 0 aliphatic carbocycles. The zero-order valence-corrected chi connectivity index (χ0v) is 14.5. The number of nitrogens with two attached hydrogens (primary N) is 1. The predicted octanol–water partition coefficient (Wildman–Crippen LogP) is 4.42. The molecule has 0 aliphatic rings. The first-order valence-corrected chi connectivity index (χ1v) is 8.17. The average Bonchev–Trinajstić information content (AvgIpc) is 2.88. The first kappa shape index (κ1) is 17.3. The molecule has 0 bridgehead atoms. The van der Waals surface area contributed by atoms with Crippen LogP contribution in [0.15, 0.2) is 42.5 Å². The predicted molar refractivity (Wildman–Crippen MR) is 96.1 cm³/mol. The van der Waals surface area contributed by atoms with Crippen molar-refractivity contribution in [1.29, 1.82) is 5.26 Å². The first-order valence-electron chi connectivity index (χ1n) is 7.42. The largest absolute Gasteiger partial charge is 0.383 e. The van der Waals surface area contributed by atoms with Crippen molar-refractivity contribution in [1.82, 2.24) is 9.78 Å². The molecule has 0 radical (unpaired) electrons.